The first-order valence-electron chi connectivity index (χ1n) is 7.82. The summed E-state index contributed by atoms with van der Waals surface area (Å²) in [5.41, 5.74) is 1.73. The summed E-state index contributed by atoms with van der Waals surface area (Å²) in [4.78, 5) is 50.2. The highest BCUT2D eigenvalue weighted by molar-refractivity contribution is 7.69. The molecule has 0 aromatic carbocycles. The molecule has 0 bridgehead atoms. The Morgan fingerprint density at radius 2 is 1.81 bits per heavy atom. The van der Waals surface area contributed by atoms with Gasteiger partial charge in [0.2, 0.25) is 5.57 Å². The minimum atomic E-state index is -5.97. The second kappa shape index (κ2) is 10.9. The molecule has 1 aromatic rings. The van der Waals surface area contributed by atoms with Crippen LogP contribution in [0.15, 0.2) is 28.7 Å². The quantitative estimate of drug-likeness (QED) is 0.143. The normalized spacial score (nSPS) is 20.6. The molecule has 0 saturated carbocycles. The van der Waals surface area contributed by atoms with Crippen molar-refractivity contribution < 1.29 is 60.9 Å². The number of alkyl halides is 2. The molecule has 184 valence electrons. The van der Waals surface area contributed by atoms with Crippen LogP contribution in [-0.4, -0.2) is 57.5 Å². The number of aromatic nitrogens is 2. The third-order valence-electron chi connectivity index (χ3n) is 3.41. The Bertz CT molecular complexity index is 1050. The van der Waals surface area contributed by atoms with E-state index in [4.69, 9.17) is 32.0 Å². The molecule has 8 N–H and O–H groups in total. The number of aliphatic hydroxyl groups is 2. The van der Waals surface area contributed by atoms with Gasteiger partial charge < -0.3 is 35.5 Å². The van der Waals surface area contributed by atoms with Crippen LogP contribution >= 0.6 is 34.8 Å². The molecule has 1 heterocycles. The zero-order chi connectivity index (χ0) is 25.1. The molecular formula is C11H17ClF2N3O12P3. The molecule has 21 heteroatoms. The highest BCUT2D eigenvalue weighted by Gasteiger charge is 2.43. The molecule has 0 radical (unpaired) electrons. The molecule has 2 unspecified atom stereocenters. The van der Waals surface area contributed by atoms with Gasteiger partial charge >= 0.3 is 28.9 Å². The fourth-order valence-corrected chi connectivity index (χ4v) is 5.57. The van der Waals surface area contributed by atoms with Crippen molar-refractivity contribution in [3.05, 3.63) is 34.4 Å². The van der Waals surface area contributed by atoms with E-state index < -0.39 is 64.8 Å². The van der Waals surface area contributed by atoms with Crippen LogP contribution in [0.5, 0.6) is 0 Å². The highest BCUT2D eigenvalue weighted by Crippen LogP contribution is 2.68. The average molecular weight is 550 g/mol. The van der Waals surface area contributed by atoms with E-state index in [9.17, 15) is 42.4 Å². The highest BCUT2D eigenvalue weighted by atomic mass is 35.5. The molecule has 0 spiro atoms. The number of aliphatic hydroxyl groups excluding tert-OH is 2. The smallest absolute Gasteiger partial charge is 0.389 e. The fraction of sp³-hybridized carbons (Fsp3) is 0.455. The van der Waals surface area contributed by atoms with Crippen LogP contribution < -0.4 is 11.4 Å². The maximum Gasteiger partial charge on any atom is 0.488 e. The number of halogens is 3. The van der Waals surface area contributed by atoms with Gasteiger partial charge in [-0.05, 0) is 12.1 Å². The first-order chi connectivity index (χ1) is 14.4. The lowest BCUT2D eigenvalue weighted by Crippen LogP contribution is -2.40. The molecule has 0 amide bonds. The third kappa shape index (κ3) is 8.37. The van der Waals surface area contributed by atoms with E-state index in [0.717, 1.165) is 12.3 Å². The fourth-order valence-electron chi connectivity index (χ4n) is 2.03. The van der Waals surface area contributed by atoms with Gasteiger partial charge in [0.1, 0.15) is 5.82 Å². The van der Waals surface area contributed by atoms with Crippen LogP contribution in [-0.2, 0) is 22.3 Å². The lowest BCUT2D eigenvalue weighted by atomic mass is 9.99. The zero-order valence-electron chi connectivity index (χ0n) is 15.3. The summed E-state index contributed by atoms with van der Waals surface area (Å²) in [5, 5.41) is 20.0. The summed E-state index contributed by atoms with van der Waals surface area (Å²) in [5.74, 6) is -3.02. The molecule has 15 nitrogen and oxygen atoms in total. The van der Waals surface area contributed by atoms with Crippen molar-refractivity contribution in [1.29, 1.82) is 0 Å². The van der Waals surface area contributed by atoms with E-state index in [2.05, 4.69) is 13.6 Å². The molecule has 32 heavy (non-hydrogen) atoms. The Balaban J connectivity index is 3.10. The SMILES string of the molecule is Nc1ccn([C@H](O)[C@H](F)[C@H](O)[C@H](/C=C(\F)P(=O)(O)OP(=O)(O)OP(=O)(O)O)CCl)c(=O)n1. The Morgan fingerprint density at radius 1 is 1.25 bits per heavy atom. The number of phosphoric acid groups is 2. The largest absolute Gasteiger partial charge is 0.488 e. The number of anilines is 1. The van der Waals surface area contributed by atoms with Crippen molar-refractivity contribution in [2.45, 2.75) is 18.5 Å². The van der Waals surface area contributed by atoms with Crippen LogP contribution in [0, 0.1) is 5.92 Å². The minimum absolute atomic E-state index is 0.000763. The first kappa shape index (κ1) is 29.0. The van der Waals surface area contributed by atoms with Gasteiger partial charge in [0.15, 0.2) is 12.4 Å². The first-order valence-corrected chi connectivity index (χ1v) is 13.0. The molecule has 1 aromatic heterocycles. The molecule has 0 saturated heterocycles. The van der Waals surface area contributed by atoms with Crippen LogP contribution in [0.3, 0.4) is 0 Å². The predicted molar refractivity (Wildman–Crippen MR) is 102 cm³/mol. The topological polar surface area (TPSA) is 252 Å². The Labute approximate surface area is 182 Å². The van der Waals surface area contributed by atoms with E-state index in [-0.39, 0.29) is 11.9 Å². The standard InChI is InChI=1S/C11H17ClF2N3O12P3/c12-4-5(3-6(13)30(21,22)28-32(26,27)29-31(23,24)25)9(18)8(14)10(19)17-2-1-7(15)16-11(17)20/h1-3,5,8-10,18-19H,4H2,(H,21,22)(H,26,27)(H2,15,16,20)(H2,23,24,25)/b6-3+/t5-,8-,9-,10-/m1/s1. The third-order valence-corrected chi connectivity index (χ3v) is 7.84. The van der Waals surface area contributed by atoms with E-state index >= 15 is 0 Å². The van der Waals surface area contributed by atoms with E-state index in [0.29, 0.717) is 4.57 Å². The molecule has 0 aliphatic carbocycles. The lowest BCUT2D eigenvalue weighted by molar-refractivity contribution is -0.0607. The van der Waals surface area contributed by atoms with Crippen molar-refractivity contribution in [2.75, 3.05) is 11.6 Å². The predicted octanol–water partition coefficient (Wildman–Crippen LogP) is 0.0930. The molecule has 0 aliphatic rings. The molecule has 0 aliphatic heterocycles. The van der Waals surface area contributed by atoms with Gasteiger partial charge in [-0.3, -0.25) is 9.13 Å². The number of nitrogens with zero attached hydrogens (tertiary/aromatic N) is 2. The van der Waals surface area contributed by atoms with E-state index in [1.54, 1.807) is 0 Å². The molecule has 1 rings (SSSR count). The summed E-state index contributed by atoms with van der Waals surface area (Å²) in [7, 11) is -17.6. The summed E-state index contributed by atoms with van der Waals surface area (Å²) in [6, 6.07) is 1.01. The summed E-state index contributed by atoms with van der Waals surface area (Å²) >= 11 is 5.46. The number of rotatable bonds is 11. The van der Waals surface area contributed by atoms with Crippen LogP contribution in [0.4, 0.5) is 14.6 Å². The van der Waals surface area contributed by atoms with Crippen LogP contribution in [0.25, 0.3) is 0 Å². The van der Waals surface area contributed by atoms with Crippen LogP contribution in [0.2, 0.25) is 0 Å². The molecule has 6 atom stereocenters. The van der Waals surface area contributed by atoms with Crippen molar-refractivity contribution in [3.8, 4) is 0 Å². The van der Waals surface area contributed by atoms with Gasteiger partial charge in [-0.1, -0.05) is 0 Å². The van der Waals surface area contributed by atoms with Crippen LogP contribution in [0.1, 0.15) is 6.23 Å². The second-order valence-electron chi connectivity index (χ2n) is 5.84. The second-order valence-corrected chi connectivity index (χ2v) is 10.8. The molecular weight excluding hydrogens is 533 g/mol. The summed E-state index contributed by atoms with van der Waals surface area (Å²) < 4.78 is 69.4. The maximum atomic E-state index is 14.5. The van der Waals surface area contributed by atoms with E-state index in [1.807, 2.05) is 0 Å². The number of nitrogen functional groups attached to an aromatic ring is 1. The number of hydrogen-bond donors (Lipinski definition) is 7. The lowest BCUT2D eigenvalue weighted by Gasteiger charge is -2.26. The van der Waals surface area contributed by atoms with Crippen molar-refractivity contribution in [1.82, 2.24) is 9.55 Å². The van der Waals surface area contributed by atoms with Crippen molar-refractivity contribution in [2.24, 2.45) is 5.92 Å². The van der Waals surface area contributed by atoms with Gasteiger partial charge in [-0.15, -0.1) is 11.6 Å². The summed E-state index contributed by atoms with van der Waals surface area (Å²) in [6.07, 6.45) is -6.74. The average Bonchev–Trinajstić information content (AvgIpc) is 2.61. The van der Waals surface area contributed by atoms with Crippen molar-refractivity contribution >= 4 is 40.7 Å². The Morgan fingerprint density at radius 3 is 2.28 bits per heavy atom. The van der Waals surface area contributed by atoms with Crippen molar-refractivity contribution in [3.63, 3.8) is 0 Å². The van der Waals surface area contributed by atoms with Gasteiger partial charge in [-0.2, -0.15) is 13.7 Å². The maximum absolute atomic E-state index is 14.5. The van der Waals surface area contributed by atoms with Gasteiger partial charge in [0, 0.05) is 18.0 Å². The van der Waals surface area contributed by atoms with E-state index in [1.165, 1.54) is 0 Å². The molecule has 0 fully saturated rings. The zero-order valence-corrected chi connectivity index (χ0v) is 18.8. The minimum Gasteiger partial charge on any atom is -0.389 e. The van der Waals surface area contributed by atoms with Gasteiger partial charge in [0.05, 0.1) is 6.10 Å². The van der Waals surface area contributed by atoms with Gasteiger partial charge in [-0.25, -0.2) is 22.6 Å². The summed E-state index contributed by atoms with van der Waals surface area (Å²) in [6.45, 7) is 0. The number of hydrogen-bond acceptors (Lipinski definition) is 10. The number of nitrogens with two attached hydrogens (primary N) is 1. The van der Waals surface area contributed by atoms with Gasteiger partial charge in [0.25, 0.3) is 0 Å². The monoisotopic (exact) mass is 549 g/mol. The Kier molecular flexibility index (Phi) is 9.88. The Hall–Kier alpha value is -1.06.